The zero-order valence-electron chi connectivity index (χ0n) is 11.7. The Labute approximate surface area is 122 Å². The van der Waals surface area contributed by atoms with E-state index in [0.29, 0.717) is 5.75 Å². The molecule has 0 atom stereocenters. The van der Waals surface area contributed by atoms with Gasteiger partial charge in [0.1, 0.15) is 5.82 Å². The molecule has 1 aromatic heterocycles. The van der Waals surface area contributed by atoms with Gasteiger partial charge < -0.3 is 9.88 Å². The average molecular weight is 290 g/mol. The van der Waals surface area contributed by atoms with E-state index in [-0.39, 0.29) is 5.91 Å². The van der Waals surface area contributed by atoms with Crippen molar-refractivity contribution in [3.05, 3.63) is 36.2 Å². The van der Waals surface area contributed by atoms with Crippen LogP contribution in [-0.2, 0) is 17.8 Å². The lowest BCUT2D eigenvalue weighted by Crippen LogP contribution is -2.14. The lowest BCUT2D eigenvalue weighted by molar-refractivity contribution is -0.113. The lowest BCUT2D eigenvalue weighted by Gasteiger charge is -2.06. The van der Waals surface area contributed by atoms with Crippen molar-refractivity contribution < 1.29 is 4.79 Å². The Bertz CT molecular complexity index is 568. The number of anilines is 1. The Morgan fingerprint density at radius 1 is 1.25 bits per heavy atom. The summed E-state index contributed by atoms with van der Waals surface area (Å²) in [6.07, 6.45) is 0.845. The maximum Gasteiger partial charge on any atom is 0.234 e. The molecule has 106 valence electrons. The minimum atomic E-state index is -0.0371. The molecule has 0 spiro atoms. The Morgan fingerprint density at radius 2 is 2.00 bits per heavy atom. The lowest BCUT2D eigenvalue weighted by atomic mass is 10.3. The number of hydrogen-bond donors (Lipinski definition) is 1. The highest BCUT2D eigenvalue weighted by Gasteiger charge is 2.11. The van der Waals surface area contributed by atoms with Gasteiger partial charge in [-0.05, 0) is 19.1 Å². The summed E-state index contributed by atoms with van der Waals surface area (Å²) >= 11 is 1.41. The number of aromatic nitrogens is 3. The molecular formula is C14H18N4OS. The maximum atomic E-state index is 11.9. The SMILES string of the molecule is CCc1nnc(SCC(=O)Nc2ccccc2)n1CC. The maximum absolute atomic E-state index is 11.9. The molecule has 2 rings (SSSR count). The fourth-order valence-corrected chi connectivity index (χ4v) is 2.67. The fraction of sp³-hybridized carbons (Fsp3) is 0.357. The van der Waals surface area contributed by atoms with Gasteiger partial charge in [0, 0.05) is 18.7 Å². The number of rotatable bonds is 6. The molecule has 6 heteroatoms. The number of benzene rings is 1. The molecule has 0 unspecified atom stereocenters. The number of para-hydroxylation sites is 1. The highest BCUT2D eigenvalue weighted by atomic mass is 32.2. The Kier molecular flexibility index (Phi) is 5.17. The molecule has 0 fully saturated rings. The van der Waals surface area contributed by atoms with Gasteiger partial charge in [0.05, 0.1) is 5.75 Å². The van der Waals surface area contributed by atoms with Crippen molar-refractivity contribution in [2.75, 3.05) is 11.1 Å². The molecule has 1 aromatic carbocycles. The van der Waals surface area contributed by atoms with Gasteiger partial charge in [-0.1, -0.05) is 36.9 Å². The van der Waals surface area contributed by atoms with Gasteiger partial charge in [-0.2, -0.15) is 0 Å². The van der Waals surface area contributed by atoms with Crippen LogP contribution in [0.3, 0.4) is 0 Å². The van der Waals surface area contributed by atoms with Crippen LogP contribution < -0.4 is 5.32 Å². The molecule has 0 saturated heterocycles. The number of hydrogen-bond acceptors (Lipinski definition) is 4. The number of nitrogens with one attached hydrogen (secondary N) is 1. The second kappa shape index (κ2) is 7.09. The van der Waals surface area contributed by atoms with Crippen LogP contribution in [0, 0.1) is 0 Å². The summed E-state index contributed by atoms with van der Waals surface area (Å²) in [7, 11) is 0. The molecule has 20 heavy (non-hydrogen) atoms. The van der Waals surface area contributed by atoms with Gasteiger partial charge in [0.2, 0.25) is 5.91 Å². The Hall–Kier alpha value is -1.82. The minimum Gasteiger partial charge on any atom is -0.325 e. The molecule has 1 N–H and O–H groups in total. The number of carbonyl (C=O) groups excluding carboxylic acids is 1. The smallest absolute Gasteiger partial charge is 0.234 e. The number of thioether (sulfide) groups is 1. The third kappa shape index (κ3) is 3.60. The first-order chi connectivity index (χ1) is 9.74. The molecular weight excluding hydrogens is 272 g/mol. The molecule has 5 nitrogen and oxygen atoms in total. The number of aryl methyl sites for hydroxylation is 1. The van der Waals surface area contributed by atoms with Crippen molar-refractivity contribution in [2.45, 2.75) is 32.0 Å². The third-order valence-corrected chi connectivity index (χ3v) is 3.78. The second-order valence-corrected chi connectivity index (χ2v) is 5.14. The van der Waals surface area contributed by atoms with Crippen molar-refractivity contribution in [3.63, 3.8) is 0 Å². The third-order valence-electron chi connectivity index (χ3n) is 2.82. The number of carbonyl (C=O) groups is 1. The first kappa shape index (κ1) is 14.6. The first-order valence-electron chi connectivity index (χ1n) is 6.64. The summed E-state index contributed by atoms with van der Waals surface area (Å²) in [5.74, 6) is 1.25. The van der Waals surface area contributed by atoms with E-state index in [2.05, 4.69) is 22.4 Å². The standard InChI is InChI=1S/C14H18N4OS/c1-3-12-16-17-14(18(12)4-2)20-10-13(19)15-11-8-6-5-7-9-11/h5-9H,3-4,10H2,1-2H3,(H,15,19). The van der Waals surface area contributed by atoms with E-state index >= 15 is 0 Å². The molecule has 0 aliphatic heterocycles. The van der Waals surface area contributed by atoms with Crippen LogP contribution in [0.25, 0.3) is 0 Å². The number of amides is 1. The van der Waals surface area contributed by atoms with E-state index in [0.717, 1.165) is 29.6 Å². The van der Waals surface area contributed by atoms with Crippen LogP contribution in [0.15, 0.2) is 35.5 Å². The molecule has 0 bridgehead atoms. The zero-order valence-corrected chi connectivity index (χ0v) is 12.5. The fourth-order valence-electron chi connectivity index (χ4n) is 1.85. The molecule has 0 aliphatic rings. The molecule has 0 aliphatic carbocycles. The van der Waals surface area contributed by atoms with E-state index in [9.17, 15) is 4.79 Å². The monoisotopic (exact) mass is 290 g/mol. The summed E-state index contributed by atoms with van der Waals surface area (Å²) in [6, 6.07) is 9.44. The summed E-state index contributed by atoms with van der Waals surface area (Å²) < 4.78 is 2.04. The summed E-state index contributed by atoms with van der Waals surface area (Å²) in [6.45, 7) is 4.92. The van der Waals surface area contributed by atoms with E-state index in [1.807, 2.05) is 41.8 Å². The Balaban J connectivity index is 1.92. The summed E-state index contributed by atoms with van der Waals surface area (Å²) in [5, 5.41) is 11.9. The van der Waals surface area contributed by atoms with Gasteiger partial charge in [-0.3, -0.25) is 4.79 Å². The van der Waals surface area contributed by atoms with E-state index in [1.54, 1.807) is 0 Å². The van der Waals surface area contributed by atoms with E-state index in [1.165, 1.54) is 11.8 Å². The van der Waals surface area contributed by atoms with Crippen LogP contribution in [0.1, 0.15) is 19.7 Å². The van der Waals surface area contributed by atoms with Gasteiger partial charge in [0.15, 0.2) is 5.16 Å². The van der Waals surface area contributed by atoms with Gasteiger partial charge in [-0.25, -0.2) is 0 Å². The molecule has 0 radical (unpaired) electrons. The molecule has 1 amide bonds. The summed E-state index contributed by atoms with van der Waals surface area (Å²) in [5.41, 5.74) is 0.810. The van der Waals surface area contributed by atoms with Crippen molar-refractivity contribution >= 4 is 23.4 Å². The van der Waals surface area contributed by atoms with Crippen LogP contribution in [-0.4, -0.2) is 26.4 Å². The summed E-state index contributed by atoms with van der Waals surface area (Å²) in [4.78, 5) is 11.9. The van der Waals surface area contributed by atoms with Crippen molar-refractivity contribution in [1.82, 2.24) is 14.8 Å². The molecule has 2 aromatic rings. The van der Waals surface area contributed by atoms with Gasteiger partial charge in [-0.15, -0.1) is 10.2 Å². The highest BCUT2D eigenvalue weighted by Crippen LogP contribution is 2.17. The number of nitrogens with zero attached hydrogens (tertiary/aromatic N) is 3. The van der Waals surface area contributed by atoms with Gasteiger partial charge >= 0.3 is 0 Å². The van der Waals surface area contributed by atoms with E-state index < -0.39 is 0 Å². The van der Waals surface area contributed by atoms with Crippen LogP contribution in [0.2, 0.25) is 0 Å². The predicted octanol–water partition coefficient (Wildman–Crippen LogP) is 2.59. The topological polar surface area (TPSA) is 59.8 Å². The minimum absolute atomic E-state index is 0.0371. The van der Waals surface area contributed by atoms with Crippen molar-refractivity contribution in [1.29, 1.82) is 0 Å². The second-order valence-electron chi connectivity index (χ2n) is 4.20. The molecule has 1 heterocycles. The molecule has 0 saturated carbocycles. The quantitative estimate of drug-likeness (QED) is 0.831. The van der Waals surface area contributed by atoms with Crippen LogP contribution >= 0.6 is 11.8 Å². The average Bonchev–Trinajstić information content (AvgIpc) is 2.88. The normalized spacial score (nSPS) is 10.5. The van der Waals surface area contributed by atoms with Crippen molar-refractivity contribution in [3.8, 4) is 0 Å². The predicted molar refractivity (Wildman–Crippen MR) is 80.9 cm³/mol. The highest BCUT2D eigenvalue weighted by molar-refractivity contribution is 7.99. The van der Waals surface area contributed by atoms with Crippen molar-refractivity contribution in [2.24, 2.45) is 0 Å². The van der Waals surface area contributed by atoms with Crippen LogP contribution in [0.5, 0.6) is 0 Å². The first-order valence-corrected chi connectivity index (χ1v) is 7.63. The van der Waals surface area contributed by atoms with Crippen LogP contribution in [0.4, 0.5) is 5.69 Å². The largest absolute Gasteiger partial charge is 0.325 e. The van der Waals surface area contributed by atoms with E-state index in [4.69, 9.17) is 0 Å². The Morgan fingerprint density at radius 3 is 2.65 bits per heavy atom. The van der Waals surface area contributed by atoms with Gasteiger partial charge in [0.25, 0.3) is 0 Å². The zero-order chi connectivity index (χ0) is 14.4.